The number of benzene rings is 1. The fraction of sp³-hybridized carbons (Fsp3) is 0.400. The van der Waals surface area contributed by atoms with Crippen LogP contribution < -0.4 is 5.32 Å². The Morgan fingerprint density at radius 1 is 1.20 bits per heavy atom. The van der Waals surface area contributed by atoms with Crippen molar-refractivity contribution < 1.29 is 9.47 Å². The molecule has 1 heterocycles. The quantitative estimate of drug-likeness (QED) is 0.753. The second kappa shape index (κ2) is 7.67. The van der Waals surface area contributed by atoms with Gasteiger partial charge >= 0.3 is 0 Å². The smallest absolute Gasteiger partial charge is 0.207 e. The van der Waals surface area contributed by atoms with Crippen LogP contribution in [0.15, 0.2) is 36.7 Å². The van der Waals surface area contributed by atoms with E-state index in [4.69, 9.17) is 9.47 Å². The van der Waals surface area contributed by atoms with Crippen LogP contribution in [0.2, 0.25) is 0 Å². The van der Waals surface area contributed by atoms with Gasteiger partial charge in [0, 0.05) is 51.0 Å². The molecule has 0 saturated carbocycles. The maximum atomic E-state index is 5.21. The van der Waals surface area contributed by atoms with Gasteiger partial charge in [0.05, 0.1) is 6.61 Å². The van der Waals surface area contributed by atoms with Crippen molar-refractivity contribution in [3.8, 4) is 0 Å². The Labute approximate surface area is 119 Å². The minimum Gasteiger partial charge on any atom is -0.385 e. The number of nitrogens with one attached hydrogen (secondary N) is 1. The molecule has 0 aliphatic carbocycles. The average molecular weight is 275 g/mol. The Morgan fingerprint density at radius 2 is 2.05 bits per heavy atom. The summed E-state index contributed by atoms with van der Waals surface area (Å²) in [4.78, 5) is 4.36. The van der Waals surface area contributed by atoms with Gasteiger partial charge in [0.1, 0.15) is 0 Å². The van der Waals surface area contributed by atoms with E-state index in [0.717, 1.165) is 36.8 Å². The largest absolute Gasteiger partial charge is 0.385 e. The Bertz CT molecular complexity index is 525. The molecule has 0 atom stereocenters. The number of ether oxygens (including phenoxy) is 2. The zero-order valence-corrected chi connectivity index (χ0v) is 12.0. The Morgan fingerprint density at radius 3 is 2.85 bits per heavy atom. The van der Waals surface area contributed by atoms with Crippen molar-refractivity contribution in [3.05, 3.63) is 42.2 Å². The monoisotopic (exact) mass is 275 g/mol. The van der Waals surface area contributed by atoms with Crippen LogP contribution in [-0.4, -0.2) is 30.4 Å². The molecule has 2 aromatic rings. The van der Waals surface area contributed by atoms with Crippen molar-refractivity contribution >= 4 is 11.6 Å². The summed E-state index contributed by atoms with van der Waals surface area (Å²) < 4.78 is 12.4. The molecule has 1 aromatic carbocycles. The number of hydrogen-bond donors (Lipinski definition) is 1. The van der Waals surface area contributed by atoms with E-state index in [1.54, 1.807) is 20.4 Å². The summed E-state index contributed by atoms with van der Waals surface area (Å²) in [5, 5.41) is 3.36. The van der Waals surface area contributed by atoms with Gasteiger partial charge in [-0.3, -0.25) is 0 Å². The molecule has 0 amide bonds. The van der Waals surface area contributed by atoms with E-state index in [1.807, 2.05) is 30.5 Å². The van der Waals surface area contributed by atoms with Gasteiger partial charge in [0.2, 0.25) is 5.95 Å². The first-order valence-electron chi connectivity index (χ1n) is 6.69. The van der Waals surface area contributed by atoms with Crippen molar-refractivity contribution in [2.45, 2.75) is 19.6 Å². The summed E-state index contributed by atoms with van der Waals surface area (Å²) >= 11 is 0. The van der Waals surface area contributed by atoms with Crippen molar-refractivity contribution in [2.24, 2.45) is 0 Å². The molecule has 1 N–H and O–H groups in total. The van der Waals surface area contributed by atoms with Crippen molar-refractivity contribution in [1.82, 2.24) is 9.55 Å². The third-order valence-corrected chi connectivity index (χ3v) is 3.03. The second-order valence-corrected chi connectivity index (χ2v) is 4.51. The van der Waals surface area contributed by atoms with Crippen molar-refractivity contribution in [2.75, 3.05) is 26.1 Å². The molecular weight excluding hydrogens is 254 g/mol. The number of aryl methyl sites for hydroxylation is 1. The Hall–Kier alpha value is -1.85. The van der Waals surface area contributed by atoms with Crippen LogP contribution in [0.3, 0.4) is 0 Å². The Balaban J connectivity index is 2.08. The molecule has 0 radical (unpaired) electrons. The van der Waals surface area contributed by atoms with Gasteiger partial charge in [-0.05, 0) is 12.5 Å². The lowest BCUT2D eigenvalue weighted by atomic mass is 10.2. The number of aromatic nitrogens is 2. The molecule has 0 saturated heterocycles. The number of hydrogen-bond acceptors (Lipinski definition) is 4. The summed E-state index contributed by atoms with van der Waals surface area (Å²) in [5.41, 5.74) is 2.13. The van der Waals surface area contributed by atoms with Crippen molar-refractivity contribution in [1.29, 1.82) is 0 Å². The second-order valence-electron chi connectivity index (χ2n) is 4.51. The van der Waals surface area contributed by atoms with E-state index < -0.39 is 0 Å². The molecule has 0 fully saturated rings. The molecule has 5 nitrogen and oxygen atoms in total. The van der Waals surface area contributed by atoms with Crippen LogP contribution in [0.5, 0.6) is 0 Å². The lowest BCUT2D eigenvalue weighted by Crippen LogP contribution is -2.06. The summed E-state index contributed by atoms with van der Waals surface area (Å²) in [6.07, 6.45) is 4.73. The first-order valence-corrected chi connectivity index (χ1v) is 6.69. The number of rotatable bonds is 8. The highest BCUT2D eigenvalue weighted by atomic mass is 16.5. The van der Waals surface area contributed by atoms with E-state index in [2.05, 4.69) is 14.9 Å². The molecule has 0 unspecified atom stereocenters. The molecular formula is C15H21N3O2. The average Bonchev–Trinajstić information content (AvgIpc) is 2.89. The number of imidazole rings is 1. The fourth-order valence-electron chi connectivity index (χ4n) is 2.04. The highest BCUT2D eigenvalue weighted by Crippen LogP contribution is 2.20. The van der Waals surface area contributed by atoms with E-state index in [-0.39, 0.29) is 0 Å². The van der Waals surface area contributed by atoms with Crippen LogP contribution >= 0.6 is 0 Å². The summed E-state index contributed by atoms with van der Waals surface area (Å²) in [5.74, 6) is 0.838. The van der Waals surface area contributed by atoms with Gasteiger partial charge in [0.25, 0.3) is 0 Å². The van der Waals surface area contributed by atoms with Crippen LogP contribution in [-0.2, 0) is 22.6 Å². The van der Waals surface area contributed by atoms with Gasteiger partial charge in [-0.25, -0.2) is 4.98 Å². The van der Waals surface area contributed by atoms with E-state index in [9.17, 15) is 0 Å². The maximum Gasteiger partial charge on any atom is 0.207 e. The van der Waals surface area contributed by atoms with Crippen LogP contribution in [0, 0.1) is 0 Å². The highest BCUT2D eigenvalue weighted by molar-refractivity contribution is 5.58. The molecule has 0 aliphatic rings. The molecule has 5 heteroatoms. The van der Waals surface area contributed by atoms with Crippen LogP contribution in [0.1, 0.15) is 12.0 Å². The van der Waals surface area contributed by atoms with Gasteiger partial charge in [0.15, 0.2) is 0 Å². The molecule has 0 spiro atoms. The first kappa shape index (κ1) is 14.6. The minimum absolute atomic E-state index is 0.577. The lowest BCUT2D eigenvalue weighted by molar-refractivity contribution is 0.185. The molecule has 0 bridgehead atoms. The molecule has 108 valence electrons. The molecule has 20 heavy (non-hydrogen) atoms. The third kappa shape index (κ3) is 3.82. The standard InChI is InChI=1S/C15H21N3O2/c1-19-11-5-9-18-10-8-16-15(18)17-14-7-4-3-6-13(14)12-20-2/h3-4,6-8,10H,5,9,11-12H2,1-2H3,(H,16,17). The fourth-order valence-corrected chi connectivity index (χ4v) is 2.04. The minimum atomic E-state index is 0.577. The van der Waals surface area contributed by atoms with E-state index >= 15 is 0 Å². The van der Waals surface area contributed by atoms with Crippen LogP contribution in [0.25, 0.3) is 0 Å². The zero-order valence-electron chi connectivity index (χ0n) is 12.0. The van der Waals surface area contributed by atoms with E-state index in [0.29, 0.717) is 6.61 Å². The number of methoxy groups -OCH3 is 2. The predicted octanol–water partition coefficient (Wildman–Crippen LogP) is 2.81. The summed E-state index contributed by atoms with van der Waals surface area (Å²) in [7, 11) is 3.41. The van der Waals surface area contributed by atoms with Gasteiger partial charge in [-0.15, -0.1) is 0 Å². The molecule has 1 aromatic heterocycles. The van der Waals surface area contributed by atoms with Crippen molar-refractivity contribution in [3.63, 3.8) is 0 Å². The maximum absolute atomic E-state index is 5.21. The highest BCUT2D eigenvalue weighted by Gasteiger charge is 2.06. The molecule has 2 rings (SSSR count). The van der Waals surface area contributed by atoms with Gasteiger partial charge < -0.3 is 19.4 Å². The lowest BCUT2D eigenvalue weighted by Gasteiger charge is -2.12. The SMILES string of the molecule is COCCCn1ccnc1Nc1ccccc1COC. The predicted molar refractivity (Wildman–Crippen MR) is 79.2 cm³/mol. The van der Waals surface area contributed by atoms with E-state index in [1.165, 1.54) is 0 Å². The van der Waals surface area contributed by atoms with Gasteiger partial charge in [-0.2, -0.15) is 0 Å². The van der Waals surface area contributed by atoms with Crippen LogP contribution in [0.4, 0.5) is 11.6 Å². The number of para-hydroxylation sites is 1. The summed E-state index contributed by atoms with van der Waals surface area (Å²) in [6.45, 7) is 2.20. The third-order valence-electron chi connectivity index (χ3n) is 3.03. The molecule has 0 aliphatic heterocycles. The summed E-state index contributed by atoms with van der Waals surface area (Å²) in [6, 6.07) is 8.08. The Kier molecular flexibility index (Phi) is 5.58. The topological polar surface area (TPSA) is 48.3 Å². The normalized spacial score (nSPS) is 10.7. The number of anilines is 2. The van der Waals surface area contributed by atoms with Gasteiger partial charge in [-0.1, -0.05) is 18.2 Å². The first-order chi connectivity index (χ1) is 9.85. The number of nitrogens with zero attached hydrogens (tertiary/aromatic N) is 2. The zero-order chi connectivity index (χ0) is 14.2.